The number of carbonyl (C=O) groups excluding carboxylic acids is 1. The van der Waals surface area contributed by atoms with E-state index < -0.39 is 22.0 Å². The van der Waals surface area contributed by atoms with Crippen LogP contribution >= 0.6 is 23.2 Å². The molecule has 10 heteroatoms. The van der Waals surface area contributed by atoms with Crippen LogP contribution in [-0.2, 0) is 21.4 Å². The standard InChI is InChI=1S/C22H28Cl2N2O5S/c1-16(2)14-21(22(27)25-28)26(15-17-4-6-18(24)7-5-17)32(29,30)20-10-8-19(9-11-20)31-13-3-12-23/h4-11,16,21,28H,3,12-15H2,1-2H3,(H,25,27). The molecule has 7 nitrogen and oxygen atoms in total. The van der Waals surface area contributed by atoms with Gasteiger partial charge in [0.15, 0.2) is 0 Å². The molecule has 0 spiro atoms. The summed E-state index contributed by atoms with van der Waals surface area (Å²) in [5.41, 5.74) is 2.26. The zero-order valence-electron chi connectivity index (χ0n) is 18.0. The van der Waals surface area contributed by atoms with Gasteiger partial charge in [-0.2, -0.15) is 4.31 Å². The van der Waals surface area contributed by atoms with Crippen LogP contribution in [0.2, 0.25) is 5.02 Å². The number of hydroxylamine groups is 1. The van der Waals surface area contributed by atoms with Gasteiger partial charge >= 0.3 is 0 Å². The first-order valence-electron chi connectivity index (χ1n) is 10.2. The van der Waals surface area contributed by atoms with Crippen molar-refractivity contribution < 1.29 is 23.2 Å². The topological polar surface area (TPSA) is 95.9 Å². The highest BCUT2D eigenvalue weighted by molar-refractivity contribution is 7.89. The van der Waals surface area contributed by atoms with E-state index in [4.69, 9.17) is 27.9 Å². The molecular formula is C22H28Cl2N2O5S. The molecule has 0 radical (unpaired) electrons. The van der Waals surface area contributed by atoms with Crippen LogP contribution in [-0.4, -0.2) is 42.4 Å². The molecular weight excluding hydrogens is 475 g/mol. The van der Waals surface area contributed by atoms with Gasteiger partial charge in [0.25, 0.3) is 5.91 Å². The molecule has 0 saturated heterocycles. The Labute approximate surface area is 199 Å². The van der Waals surface area contributed by atoms with E-state index in [1.807, 2.05) is 13.8 Å². The van der Waals surface area contributed by atoms with Crippen LogP contribution < -0.4 is 10.2 Å². The van der Waals surface area contributed by atoms with E-state index in [0.29, 0.717) is 35.2 Å². The summed E-state index contributed by atoms with van der Waals surface area (Å²) in [6, 6.07) is 11.6. The highest BCUT2D eigenvalue weighted by atomic mass is 35.5. The summed E-state index contributed by atoms with van der Waals surface area (Å²) in [7, 11) is -4.10. The number of halogens is 2. The van der Waals surface area contributed by atoms with Gasteiger partial charge in [0, 0.05) is 17.4 Å². The molecule has 1 amide bonds. The summed E-state index contributed by atoms with van der Waals surface area (Å²) in [4.78, 5) is 12.5. The van der Waals surface area contributed by atoms with Crippen LogP contribution in [0.1, 0.15) is 32.3 Å². The van der Waals surface area contributed by atoms with Crippen LogP contribution in [0.25, 0.3) is 0 Å². The Morgan fingerprint density at radius 3 is 2.28 bits per heavy atom. The molecule has 1 unspecified atom stereocenters. The minimum Gasteiger partial charge on any atom is -0.494 e. The van der Waals surface area contributed by atoms with Gasteiger partial charge in [-0.25, -0.2) is 13.9 Å². The monoisotopic (exact) mass is 502 g/mol. The minimum atomic E-state index is -4.10. The van der Waals surface area contributed by atoms with Crippen molar-refractivity contribution in [1.29, 1.82) is 0 Å². The SMILES string of the molecule is CC(C)CC(C(=O)NO)N(Cc1ccc(Cl)cc1)S(=O)(=O)c1ccc(OCCCCl)cc1. The molecule has 176 valence electrons. The van der Waals surface area contributed by atoms with Crippen molar-refractivity contribution in [3.05, 3.63) is 59.1 Å². The number of nitrogens with zero attached hydrogens (tertiary/aromatic N) is 1. The molecule has 2 aromatic rings. The summed E-state index contributed by atoms with van der Waals surface area (Å²) in [6.07, 6.45) is 0.891. The van der Waals surface area contributed by atoms with Gasteiger partial charge in [-0.3, -0.25) is 10.0 Å². The zero-order chi connectivity index (χ0) is 23.7. The summed E-state index contributed by atoms with van der Waals surface area (Å²) < 4.78 is 33.8. The number of alkyl halides is 1. The fraction of sp³-hybridized carbons (Fsp3) is 0.409. The first-order chi connectivity index (χ1) is 15.2. The Morgan fingerprint density at radius 2 is 1.75 bits per heavy atom. The van der Waals surface area contributed by atoms with Gasteiger partial charge in [0.05, 0.1) is 11.5 Å². The van der Waals surface area contributed by atoms with Crippen LogP contribution in [0.15, 0.2) is 53.4 Å². The van der Waals surface area contributed by atoms with Crippen molar-refractivity contribution in [3.63, 3.8) is 0 Å². The number of rotatable bonds is 12. The maximum atomic E-state index is 13.6. The fourth-order valence-electron chi connectivity index (χ4n) is 3.10. The fourth-order valence-corrected chi connectivity index (χ4v) is 4.92. The van der Waals surface area contributed by atoms with E-state index >= 15 is 0 Å². The number of carbonyl (C=O) groups is 1. The number of ether oxygens (including phenoxy) is 1. The highest BCUT2D eigenvalue weighted by Gasteiger charge is 2.36. The lowest BCUT2D eigenvalue weighted by Crippen LogP contribution is -2.49. The normalized spacial score (nSPS) is 12.7. The second-order valence-electron chi connectivity index (χ2n) is 7.66. The van der Waals surface area contributed by atoms with E-state index in [1.54, 1.807) is 41.9 Å². The molecule has 0 heterocycles. The van der Waals surface area contributed by atoms with E-state index in [0.717, 1.165) is 4.31 Å². The number of hydrogen-bond acceptors (Lipinski definition) is 5. The maximum Gasteiger partial charge on any atom is 0.261 e. The molecule has 2 rings (SSSR count). The minimum absolute atomic E-state index is 0.00192. The lowest BCUT2D eigenvalue weighted by molar-refractivity contribution is -0.133. The van der Waals surface area contributed by atoms with Crippen molar-refractivity contribution >= 4 is 39.1 Å². The van der Waals surface area contributed by atoms with E-state index in [2.05, 4.69) is 0 Å². The molecule has 2 N–H and O–H groups in total. The van der Waals surface area contributed by atoms with Crippen molar-refractivity contribution in [1.82, 2.24) is 9.79 Å². The quantitative estimate of drug-likeness (QED) is 0.193. The largest absolute Gasteiger partial charge is 0.494 e. The number of nitrogens with one attached hydrogen (secondary N) is 1. The van der Waals surface area contributed by atoms with Crippen molar-refractivity contribution in [2.24, 2.45) is 5.92 Å². The molecule has 0 aliphatic heterocycles. The lowest BCUT2D eigenvalue weighted by Gasteiger charge is -2.30. The van der Waals surface area contributed by atoms with Crippen molar-refractivity contribution in [3.8, 4) is 5.75 Å². The number of hydrogen-bond donors (Lipinski definition) is 2. The third kappa shape index (κ3) is 7.35. The first-order valence-corrected chi connectivity index (χ1v) is 12.5. The van der Waals surface area contributed by atoms with Gasteiger partial charge in [-0.15, -0.1) is 11.6 Å². The van der Waals surface area contributed by atoms with E-state index in [1.165, 1.54) is 12.1 Å². The average molecular weight is 503 g/mol. The lowest BCUT2D eigenvalue weighted by atomic mass is 10.0. The summed E-state index contributed by atoms with van der Waals surface area (Å²) >= 11 is 11.6. The third-order valence-electron chi connectivity index (χ3n) is 4.68. The second kappa shape index (κ2) is 12.4. The van der Waals surface area contributed by atoms with Crippen molar-refractivity contribution in [2.45, 2.75) is 44.2 Å². The predicted molar refractivity (Wildman–Crippen MR) is 125 cm³/mol. The molecule has 32 heavy (non-hydrogen) atoms. The van der Waals surface area contributed by atoms with E-state index in [-0.39, 0.29) is 23.8 Å². The smallest absolute Gasteiger partial charge is 0.261 e. The van der Waals surface area contributed by atoms with Crippen LogP contribution in [0.3, 0.4) is 0 Å². The molecule has 0 bridgehead atoms. The maximum absolute atomic E-state index is 13.6. The molecule has 1 atom stereocenters. The molecule has 0 saturated carbocycles. The predicted octanol–water partition coefficient (Wildman–Crippen LogP) is 4.46. The Balaban J connectivity index is 2.43. The zero-order valence-corrected chi connectivity index (χ0v) is 20.3. The van der Waals surface area contributed by atoms with Gasteiger partial charge in [0.1, 0.15) is 11.8 Å². The average Bonchev–Trinajstić information content (AvgIpc) is 2.77. The molecule has 0 fully saturated rings. The molecule has 0 aliphatic carbocycles. The Morgan fingerprint density at radius 1 is 1.12 bits per heavy atom. The Kier molecular flexibility index (Phi) is 10.2. The first kappa shape index (κ1) is 26.4. The van der Waals surface area contributed by atoms with Crippen LogP contribution in [0.4, 0.5) is 0 Å². The Bertz CT molecular complexity index is 967. The molecule has 0 aromatic heterocycles. The van der Waals surface area contributed by atoms with Gasteiger partial charge in [0.2, 0.25) is 10.0 Å². The van der Waals surface area contributed by atoms with Crippen LogP contribution in [0.5, 0.6) is 5.75 Å². The molecule has 0 aliphatic rings. The summed E-state index contributed by atoms with van der Waals surface area (Å²) in [5.74, 6) is 0.191. The van der Waals surface area contributed by atoms with Gasteiger partial charge in [-0.05, 0) is 60.7 Å². The molecule has 2 aromatic carbocycles. The Hall–Kier alpha value is -1.84. The highest BCUT2D eigenvalue weighted by Crippen LogP contribution is 2.26. The van der Waals surface area contributed by atoms with Gasteiger partial charge < -0.3 is 4.74 Å². The number of amides is 1. The van der Waals surface area contributed by atoms with E-state index in [9.17, 15) is 18.4 Å². The summed E-state index contributed by atoms with van der Waals surface area (Å²) in [5, 5.41) is 9.79. The summed E-state index contributed by atoms with van der Waals surface area (Å²) in [6.45, 7) is 4.10. The van der Waals surface area contributed by atoms with Crippen LogP contribution in [0, 0.1) is 5.92 Å². The second-order valence-corrected chi connectivity index (χ2v) is 10.4. The third-order valence-corrected chi connectivity index (χ3v) is 7.07. The van der Waals surface area contributed by atoms with Gasteiger partial charge in [-0.1, -0.05) is 37.6 Å². The van der Waals surface area contributed by atoms with Crippen molar-refractivity contribution in [2.75, 3.05) is 12.5 Å². The number of sulfonamides is 1. The number of benzene rings is 2.